The number of ether oxygens (including phenoxy) is 1. The minimum absolute atomic E-state index is 0.0489. The van der Waals surface area contributed by atoms with Crippen molar-refractivity contribution in [2.24, 2.45) is 5.92 Å². The second-order valence-electron chi connectivity index (χ2n) is 7.01. The normalized spacial score (nSPS) is 22.9. The third kappa shape index (κ3) is 4.44. The number of methoxy groups -OCH3 is 1. The first-order valence-corrected chi connectivity index (χ1v) is 9.00. The number of hydrogen-bond donors (Lipinski definition) is 2. The predicted octanol–water partition coefficient (Wildman–Crippen LogP) is 3.01. The lowest BCUT2D eigenvalue weighted by Gasteiger charge is -2.30. The molecule has 3 rings (SSSR count). The first-order chi connectivity index (χ1) is 12.1. The molecule has 2 aliphatic rings. The van der Waals surface area contributed by atoms with Crippen molar-refractivity contribution < 1.29 is 19.4 Å². The largest absolute Gasteiger partial charge is 0.496 e. The standard InChI is InChI=1S/C19H26N2O4/c1-25-17-5-3-2-4-14(17)12-21(16-10-11-16)19(24)20-15-8-6-13(7-9-15)18(22)23/h2-5,13,15-16H,6-12H2,1H3,(H,20,24)(H,22,23). The Kier molecular flexibility index (Phi) is 5.46. The van der Waals surface area contributed by atoms with Crippen LogP contribution in [0.1, 0.15) is 44.1 Å². The van der Waals surface area contributed by atoms with Crippen molar-refractivity contribution >= 4 is 12.0 Å². The van der Waals surface area contributed by atoms with E-state index in [1.54, 1.807) is 7.11 Å². The highest BCUT2D eigenvalue weighted by Gasteiger charge is 2.35. The van der Waals surface area contributed by atoms with Gasteiger partial charge in [0, 0.05) is 17.6 Å². The monoisotopic (exact) mass is 346 g/mol. The fourth-order valence-electron chi connectivity index (χ4n) is 3.51. The molecular weight excluding hydrogens is 320 g/mol. The molecule has 0 spiro atoms. The summed E-state index contributed by atoms with van der Waals surface area (Å²) in [6.07, 6.45) is 4.81. The van der Waals surface area contributed by atoms with Gasteiger partial charge in [-0.1, -0.05) is 18.2 Å². The summed E-state index contributed by atoms with van der Waals surface area (Å²) in [5, 5.41) is 12.2. The summed E-state index contributed by atoms with van der Waals surface area (Å²) in [6.45, 7) is 0.533. The van der Waals surface area contributed by atoms with Gasteiger partial charge in [0.1, 0.15) is 5.75 Å². The van der Waals surface area contributed by atoms with Crippen LogP contribution in [0.3, 0.4) is 0 Å². The van der Waals surface area contributed by atoms with Crippen molar-refractivity contribution in [2.45, 2.75) is 57.2 Å². The Bertz CT molecular complexity index is 622. The fraction of sp³-hybridized carbons (Fsp3) is 0.579. The third-order valence-electron chi connectivity index (χ3n) is 5.19. The summed E-state index contributed by atoms with van der Waals surface area (Å²) >= 11 is 0. The Morgan fingerprint density at radius 1 is 1.16 bits per heavy atom. The number of urea groups is 1. The zero-order valence-corrected chi connectivity index (χ0v) is 14.6. The summed E-state index contributed by atoms with van der Waals surface area (Å²) < 4.78 is 5.40. The fourth-order valence-corrected chi connectivity index (χ4v) is 3.51. The molecule has 2 saturated carbocycles. The first kappa shape index (κ1) is 17.6. The van der Waals surface area contributed by atoms with Crippen LogP contribution in [0.2, 0.25) is 0 Å². The van der Waals surface area contributed by atoms with E-state index in [1.807, 2.05) is 29.2 Å². The number of carboxylic acid groups (broad SMARTS) is 1. The molecule has 136 valence electrons. The van der Waals surface area contributed by atoms with Gasteiger partial charge in [-0.3, -0.25) is 4.79 Å². The molecule has 0 aromatic heterocycles. The van der Waals surface area contributed by atoms with Gasteiger partial charge < -0.3 is 20.1 Å². The van der Waals surface area contributed by atoms with Gasteiger partial charge in [0.15, 0.2) is 0 Å². The number of hydrogen-bond acceptors (Lipinski definition) is 3. The number of carbonyl (C=O) groups excluding carboxylic acids is 1. The van der Waals surface area contributed by atoms with Gasteiger partial charge in [-0.25, -0.2) is 4.79 Å². The second kappa shape index (κ2) is 7.76. The molecule has 0 saturated heterocycles. The maximum absolute atomic E-state index is 12.8. The molecule has 0 atom stereocenters. The van der Waals surface area contributed by atoms with Crippen LogP contribution in [-0.2, 0) is 11.3 Å². The van der Waals surface area contributed by atoms with E-state index in [2.05, 4.69) is 5.32 Å². The highest BCUT2D eigenvalue weighted by molar-refractivity contribution is 5.75. The number of aliphatic carboxylic acids is 1. The molecule has 1 aromatic carbocycles. The lowest BCUT2D eigenvalue weighted by Crippen LogP contribution is -2.47. The Morgan fingerprint density at radius 3 is 2.44 bits per heavy atom. The van der Waals surface area contributed by atoms with Crippen molar-refractivity contribution in [2.75, 3.05) is 7.11 Å². The van der Waals surface area contributed by atoms with Crippen LogP contribution < -0.4 is 10.1 Å². The minimum atomic E-state index is -0.722. The van der Waals surface area contributed by atoms with Crippen molar-refractivity contribution in [3.8, 4) is 5.75 Å². The Hall–Kier alpha value is -2.24. The predicted molar refractivity (Wildman–Crippen MR) is 93.5 cm³/mol. The molecule has 1 aromatic rings. The van der Waals surface area contributed by atoms with Crippen LogP contribution in [0.5, 0.6) is 5.75 Å². The van der Waals surface area contributed by atoms with E-state index in [0.29, 0.717) is 25.4 Å². The molecule has 6 nitrogen and oxygen atoms in total. The van der Waals surface area contributed by atoms with Crippen LogP contribution in [0.25, 0.3) is 0 Å². The minimum Gasteiger partial charge on any atom is -0.496 e. The molecule has 6 heteroatoms. The zero-order chi connectivity index (χ0) is 17.8. The molecular formula is C19H26N2O4. The number of rotatable bonds is 6. The molecule has 2 fully saturated rings. The van der Waals surface area contributed by atoms with Crippen molar-refractivity contribution in [1.82, 2.24) is 10.2 Å². The van der Waals surface area contributed by atoms with E-state index < -0.39 is 5.97 Å². The molecule has 0 radical (unpaired) electrons. The molecule has 0 bridgehead atoms. The number of carbonyl (C=O) groups is 2. The SMILES string of the molecule is COc1ccccc1CN(C(=O)NC1CCC(C(=O)O)CC1)C1CC1. The van der Waals surface area contributed by atoms with Gasteiger partial charge in [0.2, 0.25) is 0 Å². The number of nitrogens with one attached hydrogen (secondary N) is 1. The topological polar surface area (TPSA) is 78.9 Å². The van der Waals surface area contributed by atoms with E-state index in [0.717, 1.165) is 37.0 Å². The number of nitrogens with zero attached hydrogens (tertiary/aromatic N) is 1. The zero-order valence-electron chi connectivity index (χ0n) is 14.6. The van der Waals surface area contributed by atoms with Crippen molar-refractivity contribution in [1.29, 1.82) is 0 Å². The molecule has 2 amide bonds. The van der Waals surface area contributed by atoms with Crippen LogP contribution >= 0.6 is 0 Å². The van der Waals surface area contributed by atoms with E-state index in [4.69, 9.17) is 9.84 Å². The van der Waals surface area contributed by atoms with Gasteiger partial charge in [-0.05, 0) is 44.6 Å². The van der Waals surface area contributed by atoms with Crippen molar-refractivity contribution in [3.63, 3.8) is 0 Å². The summed E-state index contributed by atoms with van der Waals surface area (Å²) in [5.74, 6) is -0.190. The van der Waals surface area contributed by atoms with Crippen LogP contribution in [-0.4, -0.2) is 41.2 Å². The molecule has 2 aliphatic carbocycles. The lowest BCUT2D eigenvalue weighted by atomic mass is 9.86. The van der Waals surface area contributed by atoms with Crippen molar-refractivity contribution in [3.05, 3.63) is 29.8 Å². The maximum Gasteiger partial charge on any atom is 0.318 e. The van der Waals surface area contributed by atoms with Gasteiger partial charge in [0.25, 0.3) is 0 Å². The molecule has 0 unspecified atom stereocenters. The molecule has 25 heavy (non-hydrogen) atoms. The van der Waals surface area contributed by atoms with E-state index in [1.165, 1.54) is 0 Å². The summed E-state index contributed by atoms with van der Waals surface area (Å²) in [7, 11) is 1.64. The molecule has 0 heterocycles. The van der Waals surface area contributed by atoms with Crippen LogP contribution in [0, 0.1) is 5.92 Å². The second-order valence-corrected chi connectivity index (χ2v) is 7.01. The van der Waals surface area contributed by atoms with Gasteiger partial charge >= 0.3 is 12.0 Å². The molecule has 2 N–H and O–H groups in total. The Balaban J connectivity index is 1.59. The summed E-state index contributed by atoms with van der Waals surface area (Å²) in [6, 6.07) is 8.08. The Labute approximate surface area is 148 Å². The summed E-state index contributed by atoms with van der Waals surface area (Å²) in [5.41, 5.74) is 1.00. The number of amides is 2. The van der Waals surface area contributed by atoms with Gasteiger partial charge in [0.05, 0.1) is 19.6 Å². The summed E-state index contributed by atoms with van der Waals surface area (Å²) in [4.78, 5) is 25.7. The average Bonchev–Trinajstić information content (AvgIpc) is 3.45. The number of carboxylic acids is 1. The number of para-hydroxylation sites is 1. The van der Waals surface area contributed by atoms with Crippen LogP contribution in [0.15, 0.2) is 24.3 Å². The third-order valence-corrected chi connectivity index (χ3v) is 5.19. The van der Waals surface area contributed by atoms with Crippen LogP contribution in [0.4, 0.5) is 4.79 Å². The number of benzene rings is 1. The Morgan fingerprint density at radius 2 is 1.84 bits per heavy atom. The smallest absolute Gasteiger partial charge is 0.318 e. The highest BCUT2D eigenvalue weighted by atomic mass is 16.5. The first-order valence-electron chi connectivity index (χ1n) is 9.00. The lowest BCUT2D eigenvalue weighted by molar-refractivity contribution is -0.142. The molecule has 0 aliphatic heterocycles. The average molecular weight is 346 g/mol. The van der Waals surface area contributed by atoms with Gasteiger partial charge in [-0.2, -0.15) is 0 Å². The maximum atomic E-state index is 12.8. The quantitative estimate of drug-likeness (QED) is 0.830. The van der Waals surface area contributed by atoms with E-state index in [-0.39, 0.29) is 18.0 Å². The van der Waals surface area contributed by atoms with E-state index in [9.17, 15) is 9.59 Å². The highest BCUT2D eigenvalue weighted by Crippen LogP contribution is 2.31. The van der Waals surface area contributed by atoms with E-state index >= 15 is 0 Å². The van der Waals surface area contributed by atoms with Gasteiger partial charge in [-0.15, -0.1) is 0 Å².